The predicted octanol–water partition coefficient (Wildman–Crippen LogP) is 2.67. The molecule has 0 atom stereocenters. The number of rotatable bonds is 2. The molecule has 2 N–H and O–H groups in total. The van der Waals surface area contributed by atoms with E-state index < -0.39 is 18.6 Å². The second-order valence-corrected chi connectivity index (χ2v) is 4.42. The van der Waals surface area contributed by atoms with Gasteiger partial charge in [-0.2, -0.15) is 13.2 Å². The van der Waals surface area contributed by atoms with Gasteiger partial charge in [0, 0.05) is 17.2 Å². The molecule has 0 bridgehead atoms. The summed E-state index contributed by atoms with van der Waals surface area (Å²) >= 11 is 3.15. The predicted molar refractivity (Wildman–Crippen MR) is 61.6 cm³/mol. The molecular weight excluding hydrogens is 301 g/mol. The number of nitrogens with zero attached hydrogens (tertiary/aromatic N) is 1. The quantitative estimate of drug-likeness (QED) is 0.854. The minimum Gasteiger partial charge on any atom is -0.398 e. The molecule has 3 nitrogen and oxygen atoms in total. The summed E-state index contributed by atoms with van der Waals surface area (Å²) in [4.78, 5) is 12.3. The first-order valence-electron chi connectivity index (χ1n) is 4.58. The third-order valence-corrected chi connectivity index (χ3v) is 2.50. The van der Waals surface area contributed by atoms with Gasteiger partial charge in [0.15, 0.2) is 0 Å². The molecule has 7 heteroatoms. The molecule has 0 aliphatic carbocycles. The van der Waals surface area contributed by atoms with Gasteiger partial charge < -0.3 is 10.6 Å². The average molecular weight is 311 g/mol. The Hall–Kier alpha value is -1.24. The minimum atomic E-state index is -4.42. The van der Waals surface area contributed by atoms with Crippen LogP contribution in [0, 0.1) is 0 Å². The summed E-state index contributed by atoms with van der Waals surface area (Å²) in [6, 6.07) is 4.40. The fourth-order valence-corrected chi connectivity index (χ4v) is 1.65. The second kappa shape index (κ2) is 4.95. The van der Waals surface area contributed by atoms with E-state index in [2.05, 4.69) is 15.9 Å². The molecule has 0 spiro atoms. The number of nitrogens with two attached hydrogens (primary N) is 1. The first-order chi connectivity index (χ1) is 7.70. The summed E-state index contributed by atoms with van der Waals surface area (Å²) in [5.41, 5.74) is 5.76. The van der Waals surface area contributed by atoms with Crippen LogP contribution in [0.1, 0.15) is 10.4 Å². The Balaban J connectivity index is 2.89. The summed E-state index contributed by atoms with van der Waals surface area (Å²) in [6.45, 7) is -1.30. The van der Waals surface area contributed by atoms with Crippen LogP contribution in [0.2, 0.25) is 0 Å². The van der Waals surface area contributed by atoms with Crippen LogP contribution in [-0.4, -0.2) is 30.6 Å². The largest absolute Gasteiger partial charge is 0.406 e. The van der Waals surface area contributed by atoms with Crippen molar-refractivity contribution in [3.05, 3.63) is 28.2 Å². The number of halogens is 4. The summed E-state index contributed by atoms with van der Waals surface area (Å²) in [5.74, 6) is -0.757. The minimum absolute atomic E-state index is 0.0555. The van der Waals surface area contributed by atoms with Crippen molar-refractivity contribution in [2.75, 3.05) is 19.3 Å². The van der Waals surface area contributed by atoms with E-state index in [1.54, 1.807) is 6.07 Å². The van der Waals surface area contributed by atoms with Crippen LogP contribution in [0.3, 0.4) is 0 Å². The van der Waals surface area contributed by atoms with E-state index in [0.29, 0.717) is 9.37 Å². The van der Waals surface area contributed by atoms with Crippen LogP contribution in [0.25, 0.3) is 0 Å². The number of carbonyl (C=O) groups is 1. The van der Waals surface area contributed by atoms with Gasteiger partial charge in [0.05, 0.1) is 5.56 Å². The molecule has 0 aromatic heterocycles. The number of amides is 1. The fourth-order valence-electron chi connectivity index (χ4n) is 1.27. The Kier molecular flexibility index (Phi) is 4.03. The highest BCUT2D eigenvalue weighted by atomic mass is 79.9. The van der Waals surface area contributed by atoms with Crippen molar-refractivity contribution in [1.82, 2.24) is 4.90 Å². The lowest BCUT2D eigenvalue weighted by Crippen LogP contribution is -2.36. The fraction of sp³-hybridized carbons (Fsp3) is 0.300. The van der Waals surface area contributed by atoms with E-state index in [4.69, 9.17) is 5.73 Å². The maximum Gasteiger partial charge on any atom is 0.406 e. The SMILES string of the molecule is CN(CC(F)(F)F)C(=O)c1ccc(Br)cc1N. The maximum atomic E-state index is 12.1. The molecular formula is C10H10BrF3N2O. The Morgan fingerprint density at radius 1 is 1.47 bits per heavy atom. The van der Waals surface area contributed by atoms with Crippen LogP contribution in [-0.2, 0) is 0 Å². The van der Waals surface area contributed by atoms with Gasteiger partial charge in [-0.3, -0.25) is 4.79 Å². The number of alkyl halides is 3. The van der Waals surface area contributed by atoms with Gasteiger partial charge in [0.1, 0.15) is 6.54 Å². The number of anilines is 1. The standard InChI is InChI=1S/C10H10BrF3N2O/c1-16(5-10(12,13)14)9(17)7-3-2-6(11)4-8(7)15/h2-4H,5,15H2,1H3. The number of hydrogen-bond donors (Lipinski definition) is 1. The smallest absolute Gasteiger partial charge is 0.398 e. The van der Waals surface area contributed by atoms with Gasteiger partial charge in [-0.05, 0) is 18.2 Å². The average Bonchev–Trinajstić information content (AvgIpc) is 2.14. The zero-order valence-electron chi connectivity index (χ0n) is 8.88. The highest BCUT2D eigenvalue weighted by Crippen LogP contribution is 2.21. The molecule has 0 radical (unpaired) electrons. The third-order valence-electron chi connectivity index (χ3n) is 2.01. The lowest BCUT2D eigenvalue weighted by molar-refractivity contribution is -0.138. The Labute approximate surface area is 105 Å². The summed E-state index contributed by atoms with van der Waals surface area (Å²) in [7, 11) is 1.08. The van der Waals surface area contributed by atoms with E-state index in [9.17, 15) is 18.0 Å². The number of carbonyl (C=O) groups excluding carboxylic acids is 1. The van der Waals surface area contributed by atoms with Crippen molar-refractivity contribution in [2.45, 2.75) is 6.18 Å². The summed E-state index contributed by atoms with van der Waals surface area (Å²) in [5, 5.41) is 0. The molecule has 17 heavy (non-hydrogen) atoms. The first kappa shape index (κ1) is 13.8. The van der Waals surface area contributed by atoms with Crippen molar-refractivity contribution in [3.8, 4) is 0 Å². The van der Waals surface area contributed by atoms with Gasteiger partial charge in [-0.25, -0.2) is 0 Å². The van der Waals surface area contributed by atoms with Crippen LogP contribution in [0.5, 0.6) is 0 Å². The molecule has 0 aliphatic heterocycles. The van der Waals surface area contributed by atoms with Crippen molar-refractivity contribution < 1.29 is 18.0 Å². The Morgan fingerprint density at radius 3 is 2.53 bits per heavy atom. The van der Waals surface area contributed by atoms with Crippen molar-refractivity contribution in [1.29, 1.82) is 0 Å². The third kappa shape index (κ3) is 3.92. The molecule has 0 aliphatic rings. The van der Waals surface area contributed by atoms with Crippen LogP contribution < -0.4 is 5.73 Å². The molecule has 1 aromatic rings. The molecule has 0 saturated carbocycles. The Morgan fingerprint density at radius 2 is 2.06 bits per heavy atom. The zero-order chi connectivity index (χ0) is 13.2. The van der Waals surface area contributed by atoms with Gasteiger partial charge in [0.2, 0.25) is 0 Å². The van der Waals surface area contributed by atoms with Crippen LogP contribution in [0.15, 0.2) is 22.7 Å². The van der Waals surface area contributed by atoms with E-state index in [1.165, 1.54) is 12.1 Å². The van der Waals surface area contributed by atoms with Crippen LogP contribution >= 0.6 is 15.9 Å². The van der Waals surface area contributed by atoms with E-state index in [0.717, 1.165) is 7.05 Å². The molecule has 1 aromatic carbocycles. The van der Waals surface area contributed by atoms with Crippen molar-refractivity contribution >= 4 is 27.5 Å². The summed E-state index contributed by atoms with van der Waals surface area (Å²) in [6.07, 6.45) is -4.42. The van der Waals surface area contributed by atoms with Gasteiger partial charge in [0.25, 0.3) is 5.91 Å². The monoisotopic (exact) mass is 310 g/mol. The van der Waals surface area contributed by atoms with Crippen molar-refractivity contribution in [3.63, 3.8) is 0 Å². The van der Waals surface area contributed by atoms with E-state index in [-0.39, 0.29) is 11.3 Å². The van der Waals surface area contributed by atoms with Gasteiger partial charge >= 0.3 is 6.18 Å². The topological polar surface area (TPSA) is 46.3 Å². The van der Waals surface area contributed by atoms with Crippen LogP contribution in [0.4, 0.5) is 18.9 Å². The first-order valence-corrected chi connectivity index (χ1v) is 5.37. The lowest BCUT2D eigenvalue weighted by atomic mass is 10.1. The molecule has 1 rings (SSSR count). The second-order valence-electron chi connectivity index (χ2n) is 3.51. The Bertz CT molecular complexity index is 434. The van der Waals surface area contributed by atoms with Gasteiger partial charge in [-0.1, -0.05) is 15.9 Å². The molecule has 1 amide bonds. The zero-order valence-corrected chi connectivity index (χ0v) is 10.5. The highest BCUT2D eigenvalue weighted by molar-refractivity contribution is 9.10. The molecule has 94 valence electrons. The molecule has 0 saturated heterocycles. The van der Waals surface area contributed by atoms with Crippen molar-refractivity contribution in [2.24, 2.45) is 0 Å². The maximum absolute atomic E-state index is 12.1. The van der Waals surface area contributed by atoms with Gasteiger partial charge in [-0.15, -0.1) is 0 Å². The summed E-state index contributed by atoms with van der Waals surface area (Å²) < 4.78 is 37.0. The highest BCUT2D eigenvalue weighted by Gasteiger charge is 2.31. The molecule has 0 unspecified atom stereocenters. The van der Waals surface area contributed by atoms with E-state index >= 15 is 0 Å². The molecule has 0 fully saturated rings. The molecule has 0 heterocycles. The normalized spacial score (nSPS) is 11.4. The van der Waals surface area contributed by atoms with E-state index in [1.807, 2.05) is 0 Å². The number of hydrogen-bond acceptors (Lipinski definition) is 2. The number of nitrogen functional groups attached to an aromatic ring is 1. The number of benzene rings is 1. The lowest BCUT2D eigenvalue weighted by Gasteiger charge is -2.19.